The summed E-state index contributed by atoms with van der Waals surface area (Å²) in [5, 5.41) is 0. The first kappa shape index (κ1) is 13.9. The summed E-state index contributed by atoms with van der Waals surface area (Å²) in [5.74, 6) is 0. The van der Waals surface area contributed by atoms with Crippen LogP contribution >= 0.6 is 15.9 Å². The van der Waals surface area contributed by atoms with Crippen molar-refractivity contribution in [2.24, 2.45) is 5.73 Å². The Kier molecular flexibility index (Phi) is 3.74. The Labute approximate surface area is 113 Å². The minimum absolute atomic E-state index is 0.234. The maximum atomic E-state index is 13.1. The quantitative estimate of drug-likeness (QED) is 0.804. The largest absolute Gasteiger partial charge is 0.416 e. The van der Waals surface area contributed by atoms with E-state index < -0.39 is 17.3 Å². The summed E-state index contributed by atoms with van der Waals surface area (Å²) < 4.78 is 39.7. The first-order valence-corrected chi connectivity index (χ1v) is 6.78. The van der Waals surface area contributed by atoms with Gasteiger partial charge >= 0.3 is 6.18 Å². The van der Waals surface area contributed by atoms with Crippen LogP contribution in [0, 0.1) is 0 Å². The SMILES string of the molecule is NC1(c2ccc(Br)cc2C(F)(F)F)CCCCC1. The summed E-state index contributed by atoms with van der Waals surface area (Å²) >= 11 is 3.09. The third-order valence-corrected chi connectivity index (χ3v) is 4.06. The maximum Gasteiger partial charge on any atom is 0.416 e. The fourth-order valence-electron chi connectivity index (χ4n) is 2.64. The van der Waals surface area contributed by atoms with Gasteiger partial charge in [0.05, 0.1) is 5.56 Å². The Balaban J connectivity index is 2.49. The van der Waals surface area contributed by atoms with E-state index in [0.29, 0.717) is 17.3 Å². The van der Waals surface area contributed by atoms with E-state index in [2.05, 4.69) is 15.9 Å². The lowest BCUT2D eigenvalue weighted by Gasteiger charge is -2.35. The standard InChI is InChI=1S/C13H15BrF3N/c14-9-4-5-10(11(8-9)13(15,16)17)12(18)6-2-1-3-7-12/h4-5,8H,1-3,6-7,18H2. The van der Waals surface area contributed by atoms with E-state index in [-0.39, 0.29) is 5.56 Å². The molecule has 0 aliphatic heterocycles. The zero-order valence-corrected chi connectivity index (χ0v) is 11.4. The first-order valence-electron chi connectivity index (χ1n) is 5.99. The van der Waals surface area contributed by atoms with E-state index in [1.165, 1.54) is 6.07 Å². The van der Waals surface area contributed by atoms with Gasteiger partial charge in [0.15, 0.2) is 0 Å². The molecule has 1 aliphatic rings. The summed E-state index contributed by atoms with van der Waals surface area (Å²) in [6, 6.07) is 4.27. The Morgan fingerprint density at radius 2 is 1.72 bits per heavy atom. The fraction of sp³-hybridized carbons (Fsp3) is 0.538. The van der Waals surface area contributed by atoms with Crippen LogP contribution in [0.1, 0.15) is 43.2 Å². The minimum Gasteiger partial charge on any atom is -0.321 e. The molecule has 100 valence electrons. The third kappa shape index (κ3) is 2.72. The molecule has 0 amide bonds. The Hall–Kier alpha value is -0.550. The molecule has 1 nitrogen and oxygen atoms in total. The van der Waals surface area contributed by atoms with Crippen LogP contribution in [-0.2, 0) is 11.7 Å². The van der Waals surface area contributed by atoms with Crippen molar-refractivity contribution in [1.29, 1.82) is 0 Å². The van der Waals surface area contributed by atoms with Gasteiger partial charge in [-0.05, 0) is 30.5 Å². The van der Waals surface area contributed by atoms with Crippen LogP contribution in [0.4, 0.5) is 13.2 Å². The number of alkyl halides is 3. The Bertz CT molecular complexity index is 436. The summed E-state index contributed by atoms with van der Waals surface area (Å²) in [6.45, 7) is 0. The molecule has 0 saturated heterocycles. The molecular formula is C13H15BrF3N. The third-order valence-electron chi connectivity index (χ3n) is 3.57. The highest BCUT2D eigenvalue weighted by molar-refractivity contribution is 9.10. The summed E-state index contributed by atoms with van der Waals surface area (Å²) in [5.41, 5.74) is 5.01. The number of nitrogens with two attached hydrogens (primary N) is 1. The molecule has 0 radical (unpaired) electrons. The van der Waals surface area contributed by atoms with E-state index >= 15 is 0 Å². The molecule has 0 heterocycles. The molecule has 0 aromatic heterocycles. The van der Waals surface area contributed by atoms with Gasteiger partial charge in [-0.15, -0.1) is 0 Å². The average Bonchev–Trinajstić information content (AvgIpc) is 2.28. The maximum absolute atomic E-state index is 13.1. The van der Waals surface area contributed by atoms with Gasteiger partial charge in [-0.2, -0.15) is 13.2 Å². The van der Waals surface area contributed by atoms with Gasteiger partial charge < -0.3 is 5.73 Å². The van der Waals surface area contributed by atoms with E-state index in [0.717, 1.165) is 25.3 Å². The minimum atomic E-state index is -4.36. The van der Waals surface area contributed by atoms with E-state index in [4.69, 9.17) is 5.73 Å². The van der Waals surface area contributed by atoms with Gasteiger partial charge in [0.2, 0.25) is 0 Å². The van der Waals surface area contributed by atoms with Gasteiger partial charge in [-0.25, -0.2) is 0 Å². The van der Waals surface area contributed by atoms with Crippen LogP contribution in [0.25, 0.3) is 0 Å². The molecule has 1 aliphatic carbocycles. The highest BCUT2D eigenvalue weighted by Gasteiger charge is 2.40. The highest BCUT2D eigenvalue weighted by atomic mass is 79.9. The van der Waals surface area contributed by atoms with Gasteiger partial charge in [0.1, 0.15) is 0 Å². The number of benzene rings is 1. The van der Waals surface area contributed by atoms with Gasteiger partial charge in [0, 0.05) is 10.0 Å². The van der Waals surface area contributed by atoms with Crippen molar-refractivity contribution in [3.8, 4) is 0 Å². The van der Waals surface area contributed by atoms with Crippen LogP contribution in [-0.4, -0.2) is 0 Å². The molecule has 18 heavy (non-hydrogen) atoms. The second-order valence-corrected chi connectivity index (χ2v) is 5.82. The molecule has 1 aromatic rings. The van der Waals surface area contributed by atoms with Crippen LogP contribution in [0.15, 0.2) is 22.7 Å². The molecule has 5 heteroatoms. The van der Waals surface area contributed by atoms with E-state index in [1.807, 2.05) is 0 Å². The molecule has 0 unspecified atom stereocenters. The van der Waals surface area contributed by atoms with Crippen molar-refractivity contribution < 1.29 is 13.2 Å². The van der Waals surface area contributed by atoms with E-state index in [1.54, 1.807) is 6.07 Å². The predicted molar refractivity (Wildman–Crippen MR) is 68.1 cm³/mol. The zero-order chi connectivity index (χ0) is 13.4. The highest BCUT2D eigenvalue weighted by Crippen LogP contribution is 2.42. The van der Waals surface area contributed by atoms with Gasteiger partial charge in [-0.3, -0.25) is 0 Å². The van der Waals surface area contributed by atoms with Gasteiger partial charge in [-0.1, -0.05) is 41.3 Å². The number of hydrogen-bond donors (Lipinski definition) is 1. The average molecular weight is 322 g/mol. The zero-order valence-electron chi connectivity index (χ0n) is 9.86. The normalized spacial score (nSPS) is 19.8. The molecule has 2 rings (SSSR count). The van der Waals surface area contributed by atoms with Crippen molar-refractivity contribution >= 4 is 15.9 Å². The topological polar surface area (TPSA) is 26.0 Å². The number of halogens is 4. The lowest BCUT2D eigenvalue weighted by molar-refractivity contribution is -0.139. The lowest BCUT2D eigenvalue weighted by Crippen LogP contribution is -2.40. The first-order chi connectivity index (χ1) is 8.33. The molecule has 0 bridgehead atoms. The molecule has 1 aromatic carbocycles. The van der Waals surface area contributed by atoms with Gasteiger partial charge in [0.25, 0.3) is 0 Å². The lowest BCUT2D eigenvalue weighted by atomic mass is 9.76. The summed E-state index contributed by atoms with van der Waals surface area (Å²) in [7, 11) is 0. The molecule has 0 spiro atoms. The van der Waals surface area contributed by atoms with Crippen molar-refractivity contribution in [3.63, 3.8) is 0 Å². The van der Waals surface area contributed by atoms with Crippen LogP contribution < -0.4 is 5.73 Å². The second kappa shape index (κ2) is 4.85. The predicted octanol–water partition coefficient (Wildman–Crippen LogP) is 4.59. The van der Waals surface area contributed by atoms with Crippen molar-refractivity contribution in [1.82, 2.24) is 0 Å². The molecule has 0 atom stereocenters. The van der Waals surface area contributed by atoms with Crippen LogP contribution in [0.3, 0.4) is 0 Å². The molecule has 1 fully saturated rings. The monoisotopic (exact) mass is 321 g/mol. The van der Waals surface area contributed by atoms with Crippen molar-refractivity contribution in [2.75, 3.05) is 0 Å². The van der Waals surface area contributed by atoms with Crippen molar-refractivity contribution in [2.45, 2.75) is 43.8 Å². The number of hydrogen-bond acceptors (Lipinski definition) is 1. The van der Waals surface area contributed by atoms with Crippen LogP contribution in [0.5, 0.6) is 0 Å². The smallest absolute Gasteiger partial charge is 0.321 e. The summed E-state index contributed by atoms with van der Waals surface area (Å²) in [4.78, 5) is 0. The van der Waals surface area contributed by atoms with Crippen LogP contribution in [0.2, 0.25) is 0 Å². The number of rotatable bonds is 1. The van der Waals surface area contributed by atoms with Crippen molar-refractivity contribution in [3.05, 3.63) is 33.8 Å². The molecular weight excluding hydrogens is 307 g/mol. The Morgan fingerprint density at radius 1 is 1.11 bits per heavy atom. The van der Waals surface area contributed by atoms with E-state index in [9.17, 15) is 13.2 Å². The second-order valence-electron chi connectivity index (χ2n) is 4.90. The Morgan fingerprint density at radius 3 is 2.28 bits per heavy atom. The molecule has 2 N–H and O–H groups in total. The molecule has 1 saturated carbocycles. The fourth-order valence-corrected chi connectivity index (χ4v) is 3.00. The summed E-state index contributed by atoms with van der Waals surface area (Å²) in [6.07, 6.45) is -0.275.